The van der Waals surface area contributed by atoms with Crippen LogP contribution in [0.25, 0.3) is 0 Å². The molecular formula is C36H34ClF2N5O3. The molecule has 4 aromatic carbocycles. The summed E-state index contributed by atoms with van der Waals surface area (Å²) in [5.41, 5.74) is 3.13. The molecule has 0 radical (unpaired) electrons. The number of hydrogen-bond donors (Lipinski definition) is 1. The highest BCUT2D eigenvalue weighted by molar-refractivity contribution is 6.30. The fraction of sp³-hybridized carbons (Fsp3) is 0.250. The van der Waals surface area contributed by atoms with Crippen LogP contribution in [0.15, 0.2) is 103 Å². The number of urea groups is 1. The maximum atomic E-state index is 14.3. The first-order chi connectivity index (χ1) is 22.8. The van der Waals surface area contributed by atoms with Gasteiger partial charge in [0.15, 0.2) is 11.6 Å². The highest BCUT2D eigenvalue weighted by Gasteiger charge is 2.51. The molecular weight excluding hydrogens is 624 g/mol. The van der Waals surface area contributed by atoms with Crippen molar-refractivity contribution in [2.45, 2.75) is 38.1 Å². The number of rotatable bonds is 9. The molecule has 0 spiro atoms. The monoisotopic (exact) mass is 657 g/mol. The van der Waals surface area contributed by atoms with Crippen molar-refractivity contribution >= 4 is 29.4 Å². The summed E-state index contributed by atoms with van der Waals surface area (Å²) in [7, 11) is 0. The average Bonchev–Trinajstić information content (AvgIpc) is 3.07. The molecule has 47 heavy (non-hydrogen) atoms. The first-order valence-corrected chi connectivity index (χ1v) is 15.8. The molecule has 1 unspecified atom stereocenters. The third kappa shape index (κ3) is 7.45. The molecule has 4 aromatic rings. The Morgan fingerprint density at radius 2 is 1.47 bits per heavy atom. The van der Waals surface area contributed by atoms with Gasteiger partial charge in [-0.3, -0.25) is 9.59 Å². The number of hydrazine groups is 1. The second kappa shape index (κ2) is 14.3. The van der Waals surface area contributed by atoms with Gasteiger partial charge in [-0.15, -0.1) is 0 Å². The minimum atomic E-state index is -1.04. The van der Waals surface area contributed by atoms with Crippen LogP contribution in [0.1, 0.15) is 22.3 Å². The zero-order chi connectivity index (χ0) is 32.9. The molecule has 242 valence electrons. The van der Waals surface area contributed by atoms with Crippen LogP contribution in [0.2, 0.25) is 5.02 Å². The summed E-state index contributed by atoms with van der Waals surface area (Å²) in [4.78, 5) is 45.3. The van der Waals surface area contributed by atoms with Gasteiger partial charge in [0.1, 0.15) is 12.2 Å². The van der Waals surface area contributed by atoms with Crippen LogP contribution in [0, 0.1) is 11.6 Å². The van der Waals surface area contributed by atoms with Crippen molar-refractivity contribution in [1.29, 1.82) is 0 Å². The van der Waals surface area contributed by atoms with Crippen molar-refractivity contribution in [2.24, 2.45) is 0 Å². The largest absolute Gasteiger partial charge is 0.337 e. The van der Waals surface area contributed by atoms with Gasteiger partial charge in [-0.1, -0.05) is 90.5 Å². The fourth-order valence-corrected chi connectivity index (χ4v) is 6.31. The van der Waals surface area contributed by atoms with E-state index in [0.29, 0.717) is 23.6 Å². The van der Waals surface area contributed by atoms with Crippen LogP contribution in [-0.2, 0) is 35.5 Å². The number of nitrogens with zero attached hydrogens (tertiary/aromatic N) is 4. The van der Waals surface area contributed by atoms with Crippen LogP contribution in [-0.4, -0.2) is 69.5 Å². The van der Waals surface area contributed by atoms with E-state index >= 15 is 0 Å². The van der Waals surface area contributed by atoms with Gasteiger partial charge in [-0.25, -0.2) is 23.6 Å². The summed E-state index contributed by atoms with van der Waals surface area (Å²) in [6.07, 6.45) is -0.391. The number of carbonyl (C=O) groups excluding carboxylic acids is 3. The summed E-state index contributed by atoms with van der Waals surface area (Å²) >= 11 is 6.07. The third-order valence-electron chi connectivity index (χ3n) is 8.53. The molecule has 0 aliphatic carbocycles. The number of fused-ring (bicyclic) bond motifs is 1. The van der Waals surface area contributed by atoms with E-state index in [4.69, 9.17) is 11.6 Å². The van der Waals surface area contributed by atoms with Crippen LogP contribution in [0.5, 0.6) is 0 Å². The van der Waals surface area contributed by atoms with Crippen molar-refractivity contribution in [3.05, 3.63) is 142 Å². The molecule has 2 aliphatic heterocycles. The molecule has 4 amide bonds. The Kier molecular flexibility index (Phi) is 9.79. The summed E-state index contributed by atoms with van der Waals surface area (Å²) in [5.74, 6) is -2.70. The molecule has 0 saturated carbocycles. The second-order valence-corrected chi connectivity index (χ2v) is 12.1. The van der Waals surface area contributed by atoms with E-state index in [2.05, 4.69) is 5.32 Å². The van der Waals surface area contributed by atoms with Gasteiger partial charge >= 0.3 is 6.03 Å². The van der Waals surface area contributed by atoms with Gasteiger partial charge in [0.2, 0.25) is 11.8 Å². The smallest absolute Gasteiger partial charge is 0.334 e. The Morgan fingerprint density at radius 3 is 2.15 bits per heavy atom. The first-order valence-electron chi connectivity index (χ1n) is 15.4. The highest BCUT2D eigenvalue weighted by atomic mass is 35.5. The van der Waals surface area contributed by atoms with Crippen molar-refractivity contribution in [2.75, 3.05) is 19.6 Å². The topological polar surface area (TPSA) is 76.2 Å². The lowest BCUT2D eigenvalue weighted by atomic mass is 9.98. The van der Waals surface area contributed by atoms with Gasteiger partial charge in [0.25, 0.3) is 0 Å². The normalized spacial score (nSPS) is 18.3. The van der Waals surface area contributed by atoms with E-state index in [1.807, 2.05) is 72.8 Å². The van der Waals surface area contributed by atoms with Crippen LogP contribution < -0.4 is 5.32 Å². The third-order valence-corrected chi connectivity index (χ3v) is 8.78. The Labute approximate surface area is 277 Å². The van der Waals surface area contributed by atoms with Crippen LogP contribution in [0.3, 0.4) is 0 Å². The maximum absolute atomic E-state index is 14.3. The van der Waals surface area contributed by atoms with Crippen LogP contribution >= 0.6 is 11.6 Å². The molecule has 2 heterocycles. The van der Waals surface area contributed by atoms with E-state index < -0.39 is 29.9 Å². The minimum absolute atomic E-state index is 0.0477. The molecule has 0 bridgehead atoms. The Morgan fingerprint density at radius 1 is 0.809 bits per heavy atom. The number of nitrogens with one attached hydrogen (secondary N) is 1. The number of benzene rings is 4. The van der Waals surface area contributed by atoms with Crippen molar-refractivity contribution < 1.29 is 23.2 Å². The van der Waals surface area contributed by atoms with E-state index in [0.717, 1.165) is 28.8 Å². The number of amides is 4. The summed E-state index contributed by atoms with van der Waals surface area (Å²) < 4.78 is 28.1. The molecule has 2 atom stereocenters. The Bertz CT molecular complexity index is 1730. The minimum Gasteiger partial charge on any atom is -0.337 e. The Balaban J connectivity index is 1.35. The van der Waals surface area contributed by atoms with Crippen molar-refractivity contribution in [3.8, 4) is 0 Å². The molecule has 8 nitrogen and oxygen atoms in total. The van der Waals surface area contributed by atoms with Crippen LogP contribution in [0.4, 0.5) is 13.6 Å². The van der Waals surface area contributed by atoms with Gasteiger partial charge in [0, 0.05) is 31.1 Å². The summed E-state index contributed by atoms with van der Waals surface area (Å²) in [6, 6.07) is 28.3. The van der Waals surface area contributed by atoms with Gasteiger partial charge in [0.05, 0.1) is 13.1 Å². The number of halogens is 3. The molecule has 0 aromatic heterocycles. The Hall–Kier alpha value is -4.80. The highest BCUT2D eigenvalue weighted by Crippen LogP contribution is 2.30. The lowest BCUT2D eigenvalue weighted by Crippen LogP contribution is -2.76. The predicted molar refractivity (Wildman–Crippen MR) is 174 cm³/mol. The molecule has 2 saturated heterocycles. The SMILES string of the molecule is O=C1[C@H](Cc2ccc(F)c(F)c2)N2C(=O)CN(Cc3ccccc3)N(C(=O)NCc3ccccc3)C2CN1CCc1ccc(Cl)cc1. The summed E-state index contributed by atoms with van der Waals surface area (Å²) in [6.45, 7) is 0.758. The first kappa shape index (κ1) is 32.2. The van der Waals surface area contributed by atoms with Gasteiger partial charge < -0.3 is 15.1 Å². The van der Waals surface area contributed by atoms with E-state index in [9.17, 15) is 23.2 Å². The lowest BCUT2D eigenvalue weighted by molar-refractivity contribution is -0.191. The molecule has 1 N–H and O–H groups in total. The number of carbonyl (C=O) groups is 3. The van der Waals surface area contributed by atoms with E-state index in [1.54, 1.807) is 22.0 Å². The lowest BCUT2D eigenvalue weighted by Gasteiger charge is -2.55. The molecule has 6 rings (SSSR count). The average molecular weight is 658 g/mol. The van der Waals surface area contributed by atoms with Crippen molar-refractivity contribution in [1.82, 2.24) is 25.1 Å². The second-order valence-electron chi connectivity index (χ2n) is 11.7. The quantitative estimate of drug-likeness (QED) is 0.261. The van der Waals surface area contributed by atoms with Gasteiger partial charge in [-0.2, -0.15) is 0 Å². The maximum Gasteiger partial charge on any atom is 0.334 e. The van der Waals surface area contributed by atoms with E-state index in [-0.39, 0.29) is 44.4 Å². The summed E-state index contributed by atoms with van der Waals surface area (Å²) in [5, 5.41) is 6.85. The molecule has 2 aliphatic rings. The predicted octanol–water partition coefficient (Wildman–Crippen LogP) is 5.41. The zero-order valence-corrected chi connectivity index (χ0v) is 26.3. The molecule has 2 fully saturated rings. The van der Waals surface area contributed by atoms with Gasteiger partial charge in [-0.05, 0) is 52.9 Å². The number of piperazine rings is 1. The van der Waals surface area contributed by atoms with E-state index in [1.165, 1.54) is 16.0 Å². The molecule has 11 heteroatoms. The van der Waals surface area contributed by atoms with Crippen molar-refractivity contribution in [3.63, 3.8) is 0 Å². The fourth-order valence-electron chi connectivity index (χ4n) is 6.19. The standard InChI is InChI=1S/C36H34ClF2N5O3/c37-29-14-11-25(12-15-29)17-18-41-23-33-43(32(35(41)46)20-28-13-16-30(38)31(39)19-28)34(45)24-42(22-27-9-5-2-6-10-27)44(33)36(47)40-21-26-7-3-1-4-8-26/h1-16,19,32-33H,17-18,20-24H2,(H,40,47)/t32-,33?/m0/s1. The zero-order valence-electron chi connectivity index (χ0n) is 25.6. The number of hydrogen-bond acceptors (Lipinski definition) is 4.